The van der Waals surface area contributed by atoms with Gasteiger partial charge in [0.05, 0.1) is 19.3 Å². The highest BCUT2D eigenvalue weighted by Crippen LogP contribution is 2.19. The minimum Gasteiger partial charge on any atom is -0.394 e. The molecular weight excluding hydrogens is 278 g/mol. The Morgan fingerprint density at radius 3 is 2.67 bits per heavy atom. The summed E-state index contributed by atoms with van der Waals surface area (Å²) in [5, 5.41) is 9.15. The number of rotatable bonds is 5. The predicted molar refractivity (Wildman–Crippen MR) is 75.8 cm³/mol. The third kappa shape index (κ3) is 4.44. The van der Waals surface area contributed by atoms with Crippen LogP contribution in [0.15, 0.2) is 18.2 Å². The van der Waals surface area contributed by atoms with Crippen LogP contribution in [-0.4, -0.2) is 48.5 Å². The van der Waals surface area contributed by atoms with Crippen molar-refractivity contribution in [2.45, 2.75) is 31.5 Å². The lowest BCUT2D eigenvalue weighted by molar-refractivity contribution is -0.0782. The van der Waals surface area contributed by atoms with Gasteiger partial charge < -0.3 is 15.6 Å². The van der Waals surface area contributed by atoms with Crippen molar-refractivity contribution in [3.8, 4) is 0 Å². The zero-order valence-electron chi connectivity index (χ0n) is 12.1. The van der Waals surface area contributed by atoms with Crippen molar-refractivity contribution in [3.05, 3.63) is 35.4 Å². The maximum Gasteiger partial charge on any atom is 0.126 e. The van der Waals surface area contributed by atoms with E-state index in [1.54, 1.807) is 0 Å². The summed E-state index contributed by atoms with van der Waals surface area (Å²) in [6, 6.07) is 3.20. The lowest BCUT2D eigenvalue weighted by Crippen LogP contribution is -2.50. The lowest BCUT2D eigenvalue weighted by atomic mass is 10.0. The first-order chi connectivity index (χ1) is 9.99. The second-order valence-corrected chi connectivity index (χ2v) is 5.58. The molecule has 0 bridgehead atoms. The third-order valence-electron chi connectivity index (χ3n) is 3.88. The molecule has 0 amide bonds. The second kappa shape index (κ2) is 7.26. The summed E-state index contributed by atoms with van der Waals surface area (Å²) in [6.07, 6.45) is 0.412. The van der Waals surface area contributed by atoms with E-state index < -0.39 is 17.7 Å². The van der Waals surface area contributed by atoms with Crippen molar-refractivity contribution in [1.29, 1.82) is 0 Å². The fourth-order valence-corrected chi connectivity index (χ4v) is 2.56. The number of nitrogens with two attached hydrogens (primary N) is 1. The van der Waals surface area contributed by atoms with Crippen LogP contribution in [0, 0.1) is 11.6 Å². The van der Waals surface area contributed by atoms with E-state index in [1.807, 2.05) is 6.92 Å². The van der Waals surface area contributed by atoms with E-state index in [0.717, 1.165) is 6.07 Å². The number of aliphatic hydroxyl groups excluding tert-OH is 1. The minimum absolute atomic E-state index is 0.00954. The van der Waals surface area contributed by atoms with E-state index in [4.69, 9.17) is 15.6 Å². The molecule has 1 saturated heterocycles. The number of benzene rings is 1. The van der Waals surface area contributed by atoms with Gasteiger partial charge in [0.25, 0.3) is 0 Å². The monoisotopic (exact) mass is 300 g/mol. The van der Waals surface area contributed by atoms with Gasteiger partial charge in [-0.1, -0.05) is 0 Å². The van der Waals surface area contributed by atoms with Crippen molar-refractivity contribution in [2.75, 3.05) is 26.3 Å². The Bertz CT molecular complexity index is 453. The first-order valence-corrected chi connectivity index (χ1v) is 7.17. The maximum atomic E-state index is 13.2. The van der Waals surface area contributed by atoms with Gasteiger partial charge in [0.1, 0.15) is 11.6 Å². The molecule has 0 aromatic heterocycles. The minimum atomic E-state index is -0.611. The molecule has 0 radical (unpaired) electrons. The number of morpholine rings is 1. The number of halogens is 2. The second-order valence-electron chi connectivity index (χ2n) is 5.58. The highest BCUT2D eigenvalue weighted by molar-refractivity contribution is 5.21. The van der Waals surface area contributed by atoms with Crippen molar-refractivity contribution < 1.29 is 18.6 Å². The highest BCUT2D eigenvalue weighted by Gasteiger charge is 2.25. The summed E-state index contributed by atoms with van der Waals surface area (Å²) in [6.45, 7) is 3.93. The maximum absolute atomic E-state index is 13.2. The summed E-state index contributed by atoms with van der Waals surface area (Å²) in [5.41, 5.74) is 6.49. The lowest BCUT2D eigenvalue weighted by Gasteiger charge is -2.37. The Morgan fingerprint density at radius 1 is 1.38 bits per heavy atom. The van der Waals surface area contributed by atoms with Gasteiger partial charge in [0.2, 0.25) is 0 Å². The van der Waals surface area contributed by atoms with Gasteiger partial charge >= 0.3 is 0 Å². The van der Waals surface area contributed by atoms with Gasteiger partial charge in [-0.15, -0.1) is 0 Å². The van der Waals surface area contributed by atoms with E-state index in [9.17, 15) is 8.78 Å². The summed E-state index contributed by atoms with van der Waals surface area (Å²) in [5.74, 6) is -1.22. The van der Waals surface area contributed by atoms with Gasteiger partial charge in [-0.3, -0.25) is 4.90 Å². The topological polar surface area (TPSA) is 58.7 Å². The molecule has 1 heterocycles. The van der Waals surface area contributed by atoms with Gasteiger partial charge in [0, 0.05) is 31.2 Å². The first kappa shape index (κ1) is 16.3. The van der Waals surface area contributed by atoms with Crippen LogP contribution in [0.4, 0.5) is 8.78 Å². The van der Waals surface area contributed by atoms with Crippen LogP contribution in [0.2, 0.25) is 0 Å². The Hall–Kier alpha value is -1.08. The van der Waals surface area contributed by atoms with Crippen LogP contribution in [0.3, 0.4) is 0 Å². The number of nitrogens with zero attached hydrogens (tertiary/aromatic N) is 1. The number of ether oxygens (including phenoxy) is 1. The Morgan fingerprint density at radius 2 is 2.05 bits per heavy atom. The van der Waals surface area contributed by atoms with Crippen molar-refractivity contribution in [2.24, 2.45) is 5.73 Å². The molecule has 3 N–H and O–H groups in total. The predicted octanol–water partition coefficient (Wildman–Crippen LogP) is 1.44. The van der Waals surface area contributed by atoms with E-state index in [1.165, 1.54) is 12.1 Å². The highest BCUT2D eigenvalue weighted by atomic mass is 19.1. The molecule has 0 spiro atoms. The quantitative estimate of drug-likeness (QED) is 0.864. The van der Waals surface area contributed by atoms with Gasteiger partial charge in [-0.25, -0.2) is 8.78 Å². The molecule has 21 heavy (non-hydrogen) atoms. The molecule has 1 aromatic carbocycles. The van der Waals surface area contributed by atoms with Crippen LogP contribution < -0.4 is 5.73 Å². The van der Waals surface area contributed by atoms with Crippen LogP contribution in [-0.2, 0) is 4.74 Å². The first-order valence-electron chi connectivity index (χ1n) is 7.17. The van der Waals surface area contributed by atoms with Gasteiger partial charge in [-0.2, -0.15) is 0 Å². The molecule has 1 aliphatic heterocycles. The molecule has 1 aliphatic rings. The average Bonchev–Trinajstić information content (AvgIpc) is 2.45. The number of hydrogen-bond donors (Lipinski definition) is 2. The van der Waals surface area contributed by atoms with E-state index in [-0.39, 0.29) is 18.8 Å². The van der Waals surface area contributed by atoms with Crippen LogP contribution >= 0.6 is 0 Å². The van der Waals surface area contributed by atoms with Crippen molar-refractivity contribution in [1.82, 2.24) is 4.90 Å². The molecule has 3 atom stereocenters. The molecular formula is C15H22F2N2O2. The molecule has 6 heteroatoms. The molecule has 3 unspecified atom stereocenters. The summed E-state index contributed by atoms with van der Waals surface area (Å²) < 4.78 is 31.9. The molecule has 118 valence electrons. The molecule has 0 saturated carbocycles. The fourth-order valence-electron chi connectivity index (χ4n) is 2.56. The summed E-state index contributed by atoms with van der Waals surface area (Å²) in [4.78, 5) is 2.18. The molecule has 0 aliphatic carbocycles. The van der Waals surface area contributed by atoms with Gasteiger partial charge in [-0.05, 0) is 31.0 Å². The van der Waals surface area contributed by atoms with E-state index >= 15 is 0 Å². The van der Waals surface area contributed by atoms with Crippen LogP contribution in [0.5, 0.6) is 0 Å². The summed E-state index contributed by atoms with van der Waals surface area (Å²) in [7, 11) is 0. The Labute approximate surface area is 123 Å². The normalized spacial score (nSPS) is 25.0. The Kier molecular flexibility index (Phi) is 5.64. The molecule has 4 nitrogen and oxygen atoms in total. The Balaban J connectivity index is 1.92. The standard InChI is InChI=1S/C15H22F2N2O2/c1-10-9-21-14(8-20)7-19(10)3-2-15(18)11-4-12(16)6-13(17)5-11/h4-6,10,14-15,20H,2-3,7-9,18H2,1H3. The van der Waals surface area contributed by atoms with Gasteiger partial charge in [0.15, 0.2) is 0 Å². The number of aliphatic hydroxyl groups is 1. The third-order valence-corrected chi connectivity index (χ3v) is 3.88. The van der Waals surface area contributed by atoms with Crippen LogP contribution in [0.25, 0.3) is 0 Å². The smallest absolute Gasteiger partial charge is 0.126 e. The van der Waals surface area contributed by atoms with E-state index in [2.05, 4.69) is 4.90 Å². The fraction of sp³-hybridized carbons (Fsp3) is 0.600. The molecule has 2 rings (SSSR count). The molecule has 1 aromatic rings. The van der Waals surface area contributed by atoms with Crippen LogP contribution in [0.1, 0.15) is 24.9 Å². The SMILES string of the molecule is CC1COC(CO)CN1CCC(N)c1cc(F)cc(F)c1. The average molecular weight is 300 g/mol. The van der Waals surface area contributed by atoms with Crippen molar-refractivity contribution >= 4 is 0 Å². The summed E-state index contributed by atoms with van der Waals surface area (Å²) >= 11 is 0. The van der Waals surface area contributed by atoms with Crippen molar-refractivity contribution in [3.63, 3.8) is 0 Å². The van der Waals surface area contributed by atoms with E-state index in [0.29, 0.717) is 31.7 Å². The zero-order valence-corrected chi connectivity index (χ0v) is 12.1. The largest absolute Gasteiger partial charge is 0.394 e. The molecule has 1 fully saturated rings. The zero-order chi connectivity index (χ0) is 15.4. The number of hydrogen-bond acceptors (Lipinski definition) is 4.